The van der Waals surface area contributed by atoms with Gasteiger partial charge in [-0.1, -0.05) is 0 Å². The van der Waals surface area contributed by atoms with E-state index in [0.717, 1.165) is 12.8 Å². The highest BCUT2D eigenvalue weighted by Gasteiger charge is 2.31. The highest BCUT2D eigenvalue weighted by Crippen LogP contribution is 2.31. The van der Waals surface area contributed by atoms with Gasteiger partial charge in [0.1, 0.15) is 0 Å². The monoisotopic (exact) mass is 172 g/mol. The molecule has 12 heavy (non-hydrogen) atoms. The number of hydrogen-bond acceptors (Lipinski definition) is 2. The van der Waals surface area contributed by atoms with Gasteiger partial charge >= 0.3 is 5.97 Å². The highest BCUT2D eigenvalue weighted by molar-refractivity contribution is 5.66. The van der Waals surface area contributed by atoms with Crippen molar-refractivity contribution in [1.29, 1.82) is 0 Å². The van der Waals surface area contributed by atoms with Crippen LogP contribution in [0.3, 0.4) is 0 Å². The van der Waals surface area contributed by atoms with Gasteiger partial charge in [-0.25, -0.2) is 0 Å². The van der Waals surface area contributed by atoms with Crippen LogP contribution >= 0.6 is 0 Å². The van der Waals surface area contributed by atoms with Crippen molar-refractivity contribution in [2.75, 3.05) is 0 Å². The Morgan fingerprint density at radius 1 is 1.67 bits per heavy atom. The summed E-state index contributed by atoms with van der Waals surface area (Å²) in [4.78, 5) is 10.3. The molecule has 70 valence electrons. The Bertz CT molecular complexity index is 175. The van der Waals surface area contributed by atoms with Crippen molar-refractivity contribution < 1.29 is 14.6 Å². The zero-order valence-electron chi connectivity index (χ0n) is 7.67. The molecule has 3 nitrogen and oxygen atoms in total. The van der Waals surface area contributed by atoms with Crippen molar-refractivity contribution in [3.63, 3.8) is 0 Å². The Hall–Kier alpha value is -0.570. The fourth-order valence-electron chi connectivity index (χ4n) is 1.57. The van der Waals surface area contributed by atoms with E-state index < -0.39 is 5.97 Å². The number of ether oxygens (including phenoxy) is 1. The largest absolute Gasteiger partial charge is 0.481 e. The van der Waals surface area contributed by atoms with Crippen molar-refractivity contribution >= 4 is 5.97 Å². The Kier molecular flexibility index (Phi) is 2.73. The molecule has 0 saturated carbocycles. The maximum absolute atomic E-state index is 10.3. The Morgan fingerprint density at radius 3 is 2.75 bits per heavy atom. The predicted molar refractivity (Wildman–Crippen MR) is 45.1 cm³/mol. The summed E-state index contributed by atoms with van der Waals surface area (Å²) >= 11 is 0. The van der Waals surface area contributed by atoms with E-state index in [0.29, 0.717) is 6.42 Å². The predicted octanol–water partition coefficient (Wildman–Crippen LogP) is 1.81. The van der Waals surface area contributed by atoms with Crippen LogP contribution < -0.4 is 0 Å². The molecule has 0 aromatic heterocycles. The van der Waals surface area contributed by atoms with E-state index in [2.05, 4.69) is 0 Å². The van der Waals surface area contributed by atoms with Gasteiger partial charge in [0.2, 0.25) is 0 Å². The number of carbonyl (C=O) groups is 1. The van der Waals surface area contributed by atoms with Crippen molar-refractivity contribution in [1.82, 2.24) is 0 Å². The molecule has 0 aromatic rings. The maximum Gasteiger partial charge on any atom is 0.303 e. The molecule has 0 radical (unpaired) electrons. The van der Waals surface area contributed by atoms with Gasteiger partial charge in [-0.2, -0.15) is 0 Å². The number of carboxylic acids is 1. The molecule has 1 heterocycles. The van der Waals surface area contributed by atoms with Gasteiger partial charge in [-0.05, 0) is 33.1 Å². The van der Waals surface area contributed by atoms with Crippen molar-refractivity contribution in [2.24, 2.45) is 0 Å². The van der Waals surface area contributed by atoms with Crippen molar-refractivity contribution in [2.45, 2.75) is 51.2 Å². The van der Waals surface area contributed by atoms with E-state index in [1.54, 1.807) is 0 Å². The van der Waals surface area contributed by atoms with E-state index in [4.69, 9.17) is 9.84 Å². The summed E-state index contributed by atoms with van der Waals surface area (Å²) in [5.41, 5.74) is -0.0385. The van der Waals surface area contributed by atoms with E-state index in [9.17, 15) is 4.79 Å². The molecule has 1 aliphatic heterocycles. The Balaban J connectivity index is 2.24. The van der Waals surface area contributed by atoms with E-state index >= 15 is 0 Å². The molecule has 1 aliphatic rings. The summed E-state index contributed by atoms with van der Waals surface area (Å²) in [6, 6.07) is 0. The fraction of sp³-hybridized carbons (Fsp3) is 0.889. The van der Waals surface area contributed by atoms with Crippen LogP contribution in [-0.4, -0.2) is 22.8 Å². The lowest BCUT2D eigenvalue weighted by Gasteiger charge is -2.18. The molecule has 0 aromatic carbocycles. The van der Waals surface area contributed by atoms with E-state index in [1.807, 2.05) is 13.8 Å². The second-order valence-corrected chi connectivity index (χ2v) is 3.97. The zero-order valence-corrected chi connectivity index (χ0v) is 7.67. The van der Waals surface area contributed by atoms with E-state index in [-0.39, 0.29) is 18.1 Å². The molecule has 1 atom stereocenters. The Morgan fingerprint density at radius 2 is 2.33 bits per heavy atom. The van der Waals surface area contributed by atoms with Gasteiger partial charge in [-0.3, -0.25) is 4.79 Å². The van der Waals surface area contributed by atoms with Crippen LogP contribution in [0.4, 0.5) is 0 Å². The molecule has 0 unspecified atom stereocenters. The molecular weight excluding hydrogens is 156 g/mol. The third kappa shape index (κ3) is 2.81. The minimum Gasteiger partial charge on any atom is -0.481 e. The van der Waals surface area contributed by atoms with Gasteiger partial charge in [0.15, 0.2) is 0 Å². The zero-order chi connectivity index (χ0) is 9.19. The number of carboxylic acid groups (broad SMARTS) is 1. The lowest BCUT2D eigenvalue weighted by molar-refractivity contribution is -0.138. The standard InChI is InChI=1S/C9H16O3/c1-9(2)6-5-7(12-9)3-4-8(10)11/h7H,3-6H2,1-2H3,(H,10,11)/t7-/m1/s1. The summed E-state index contributed by atoms with van der Waals surface area (Å²) in [6.45, 7) is 4.10. The summed E-state index contributed by atoms with van der Waals surface area (Å²) in [5.74, 6) is -0.733. The number of rotatable bonds is 3. The minimum absolute atomic E-state index is 0.0385. The molecule has 1 rings (SSSR count). The minimum atomic E-state index is -0.733. The first-order valence-electron chi connectivity index (χ1n) is 4.39. The lowest BCUT2D eigenvalue weighted by Crippen LogP contribution is -2.20. The highest BCUT2D eigenvalue weighted by atomic mass is 16.5. The first-order valence-corrected chi connectivity index (χ1v) is 4.39. The van der Waals surface area contributed by atoms with Crippen LogP contribution in [0.1, 0.15) is 39.5 Å². The molecule has 1 fully saturated rings. The average molecular weight is 172 g/mol. The quantitative estimate of drug-likeness (QED) is 0.706. The average Bonchev–Trinajstić information content (AvgIpc) is 2.26. The van der Waals surface area contributed by atoms with Gasteiger partial charge in [0.25, 0.3) is 0 Å². The molecule has 1 N–H and O–H groups in total. The van der Waals surface area contributed by atoms with Gasteiger partial charge < -0.3 is 9.84 Å². The smallest absolute Gasteiger partial charge is 0.303 e. The lowest BCUT2D eigenvalue weighted by atomic mass is 10.0. The third-order valence-electron chi connectivity index (χ3n) is 2.23. The van der Waals surface area contributed by atoms with Gasteiger partial charge in [0.05, 0.1) is 11.7 Å². The van der Waals surface area contributed by atoms with E-state index in [1.165, 1.54) is 0 Å². The van der Waals surface area contributed by atoms with Crippen molar-refractivity contribution in [3.8, 4) is 0 Å². The molecular formula is C9H16O3. The topological polar surface area (TPSA) is 46.5 Å². The molecule has 0 spiro atoms. The first-order chi connectivity index (χ1) is 5.49. The normalized spacial score (nSPS) is 27.3. The summed E-state index contributed by atoms with van der Waals surface area (Å²) < 4.78 is 5.64. The first kappa shape index (κ1) is 9.52. The summed E-state index contributed by atoms with van der Waals surface area (Å²) in [6.07, 6.45) is 3.08. The molecule has 3 heteroatoms. The molecule has 1 saturated heterocycles. The van der Waals surface area contributed by atoms with Crippen LogP contribution in [-0.2, 0) is 9.53 Å². The summed E-state index contributed by atoms with van der Waals surface area (Å²) in [5, 5.41) is 8.45. The second kappa shape index (κ2) is 3.44. The van der Waals surface area contributed by atoms with Crippen LogP contribution in [0.5, 0.6) is 0 Å². The Labute approximate surface area is 72.7 Å². The summed E-state index contributed by atoms with van der Waals surface area (Å²) in [7, 11) is 0. The number of hydrogen-bond donors (Lipinski definition) is 1. The van der Waals surface area contributed by atoms with Crippen LogP contribution in [0, 0.1) is 0 Å². The van der Waals surface area contributed by atoms with Crippen LogP contribution in [0.25, 0.3) is 0 Å². The molecule has 0 aliphatic carbocycles. The van der Waals surface area contributed by atoms with Gasteiger partial charge in [0, 0.05) is 6.42 Å². The fourth-order valence-corrected chi connectivity index (χ4v) is 1.57. The third-order valence-corrected chi connectivity index (χ3v) is 2.23. The van der Waals surface area contributed by atoms with Gasteiger partial charge in [-0.15, -0.1) is 0 Å². The number of aliphatic carboxylic acids is 1. The maximum atomic E-state index is 10.3. The van der Waals surface area contributed by atoms with Crippen molar-refractivity contribution in [3.05, 3.63) is 0 Å². The SMILES string of the molecule is CC1(C)CC[C@@H](CCC(=O)O)O1. The second-order valence-electron chi connectivity index (χ2n) is 3.97. The van der Waals surface area contributed by atoms with Crippen LogP contribution in [0.15, 0.2) is 0 Å². The molecule has 0 bridgehead atoms. The van der Waals surface area contributed by atoms with Crippen LogP contribution in [0.2, 0.25) is 0 Å². The molecule has 0 amide bonds.